The summed E-state index contributed by atoms with van der Waals surface area (Å²) in [6.45, 7) is 2.06. The molecule has 2 N–H and O–H groups in total. The summed E-state index contributed by atoms with van der Waals surface area (Å²) in [6.07, 6.45) is 3.26. The molecule has 8 nitrogen and oxygen atoms in total. The number of carbonyl (C=O) groups excluding carboxylic acids is 3. The Bertz CT molecular complexity index is 1140. The number of likely N-dealkylation sites (N-methyl/N-ethyl adjacent to an activating group) is 1. The Balaban J connectivity index is 1.20. The zero-order valence-electron chi connectivity index (χ0n) is 20.8. The Hall–Kier alpha value is -3.39. The molecule has 3 amide bonds. The van der Waals surface area contributed by atoms with Crippen molar-refractivity contribution in [3.63, 3.8) is 0 Å². The maximum Gasteiger partial charge on any atom is 0.257 e. The molecule has 0 unspecified atom stereocenters. The van der Waals surface area contributed by atoms with Gasteiger partial charge in [-0.25, -0.2) is 0 Å². The molecule has 3 atom stereocenters. The summed E-state index contributed by atoms with van der Waals surface area (Å²) in [4.78, 5) is 39.6. The van der Waals surface area contributed by atoms with Crippen LogP contribution in [0.4, 0.5) is 5.69 Å². The van der Waals surface area contributed by atoms with Crippen molar-refractivity contribution in [2.75, 3.05) is 19.0 Å². The van der Waals surface area contributed by atoms with Crippen LogP contribution < -0.4 is 15.4 Å². The van der Waals surface area contributed by atoms with Gasteiger partial charge in [0.15, 0.2) is 0 Å². The number of amides is 3. The van der Waals surface area contributed by atoms with Crippen LogP contribution in [0.3, 0.4) is 0 Å². The van der Waals surface area contributed by atoms with Crippen molar-refractivity contribution in [2.45, 2.75) is 69.7 Å². The molecular weight excluding hydrogens is 458 g/mol. The van der Waals surface area contributed by atoms with E-state index in [1.807, 2.05) is 12.1 Å². The number of carbonyl (C=O) groups is 3. The fraction of sp³-hybridized carbons (Fsp3) is 0.464. The Morgan fingerprint density at radius 3 is 2.53 bits per heavy atom. The molecule has 36 heavy (non-hydrogen) atoms. The van der Waals surface area contributed by atoms with Crippen molar-refractivity contribution in [3.8, 4) is 5.75 Å². The standard InChI is InChI=1S/C28H33N3O5/c1-3-26(32)29-19-8-11-24-22(14-19)28(34)31(2)23-10-9-21(36-25(23)16-35-24)15-27(33)30-20-12-17-6-4-5-7-18(17)13-20/h4-8,11,14,20-21,23,25H,3,9-10,12-13,15-16H2,1-2H3,(H,29,32)(H,30,33)/t21-,23+,25+/m1/s1. The summed E-state index contributed by atoms with van der Waals surface area (Å²) in [6, 6.07) is 13.4. The van der Waals surface area contributed by atoms with Crippen molar-refractivity contribution in [3.05, 3.63) is 59.2 Å². The molecule has 1 aliphatic carbocycles. The van der Waals surface area contributed by atoms with Gasteiger partial charge in [0, 0.05) is 25.2 Å². The molecular formula is C28H33N3O5. The molecule has 5 rings (SSSR count). The lowest BCUT2D eigenvalue weighted by atomic mass is 9.94. The van der Waals surface area contributed by atoms with Gasteiger partial charge in [0.25, 0.3) is 5.91 Å². The molecule has 2 aromatic rings. The number of benzene rings is 2. The minimum atomic E-state index is -0.325. The number of anilines is 1. The highest BCUT2D eigenvalue weighted by atomic mass is 16.5. The van der Waals surface area contributed by atoms with Crippen LogP contribution in [0.2, 0.25) is 0 Å². The van der Waals surface area contributed by atoms with Gasteiger partial charge in [-0.1, -0.05) is 31.2 Å². The second kappa shape index (κ2) is 10.3. The molecule has 0 radical (unpaired) electrons. The van der Waals surface area contributed by atoms with Gasteiger partial charge in [-0.2, -0.15) is 0 Å². The van der Waals surface area contributed by atoms with E-state index in [0.717, 1.165) is 19.3 Å². The maximum absolute atomic E-state index is 13.3. The highest BCUT2D eigenvalue weighted by Gasteiger charge is 2.39. The van der Waals surface area contributed by atoms with Crippen molar-refractivity contribution in [1.29, 1.82) is 0 Å². The molecule has 190 valence electrons. The van der Waals surface area contributed by atoms with E-state index in [0.29, 0.717) is 36.3 Å². The summed E-state index contributed by atoms with van der Waals surface area (Å²) < 4.78 is 12.3. The van der Waals surface area contributed by atoms with E-state index in [-0.39, 0.29) is 48.6 Å². The second-order valence-corrected chi connectivity index (χ2v) is 9.93. The minimum Gasteiger partial charge on any atom is -0.490 e. The van der Waals surface area contributed by atoms with Gasteiger partial charge < -0.3 is 25.0 Å². The van der Waals surface area contributed by atoms with Crippen LogP contribution in [0, 0.1) is 0 Å². The predicted octanol–water partition coefficient (Wildman–Crippen LogP) is 3.09. The average Bonchev–Trinajstić information content (AvgIpc) is 3.28. The predicted molar refractivity (Wildman–Crippen MR) is 135 cm³/mol. The summed E-state index contributed by atoms with van der Waals surface area (Å²) in [5.41, 5.74) is 3.60. The third-order valence-electron chi connectivity index (χ3n) is 7.45. The molecule has 2 aromatic carbocycles. The van der Waals surface area contributed by atoms with Gasteiger partial charge in [-0.05, 0) is 55.0 Å². The molecule has 2 heterocycles. The van der Waals surface area contributed by atoms with E-state index in [2.05, 4.69) is 22.8 Å². The van der Waals surface area contributed by atoms with Gasteiger partial charge in [-0.3, -0.25) is 14.4 Å². The molecule has 2 aliphatic heterocycles. The zero-order valence-corrected chi connectivity index (χ0v) is 20.8. The normalized spacial score (nSPS) is 23.4. The number of rotatable bonds is 5. The Morgan fingerprint density at radius 2 is 1.81 bits per heavy atom. The number of hydrogen-bond donors (Lipinski definition) is 2. The van der Waals surface area contributed by atoms with Gasteiger partial charge in [0.2, 0.25) is 11.8 Å². The first-order chi connectivity index (χ1) is 17.4. The molecule has 0 bridgehead atoms. The van der Waals surface area contributed by atoms with Crippen LogP contribution in [0.15, 0.2) is 42.5 Å². The molecule has 3 aliphatic rings. The van der Waals surface area contributed by atoms with Crippen LogP contribution >= 0.6 is 0 Å². The lowest BCUT2D eigenvalue weighted by Crippen LogP contribution is -2.54. The Labute approximate surface area is 211 Å². The first-order valence-corrected chi connectivity index (χ1v) is 12.8. The highest BCUT2D eigenvalue weighted by Crippen LogP contribution is 2.32. The number of hydrogen-bond acceptors (Lipinski definition) is 5. The fourth-order valence-electron chi connectivity index (χ4n) is 5.51. The highest BCUT2D eigenvalue weighted by molar-refractivity contribution is 5.99. The smallest absolute Gasteiger partial charge is 0.257 e. The summed E-state index contributed by atoms with van der Waals surface area (Å²) in [7, 11) is 1.78. The Morgan fingerprint density at radius 1 is 1.06 bits per heavy atom. The lowest BCUT2D eigenvalue weighted by Gasteiger charge is -2.42. The molecule has 0 spiro atoms. The van der Waals surface area contributed by atoms with E-state index < -0.39 is 0 Å². The Kier molecular flexibility index (Phi) is 6.96. The first kappa shape index (κ1) is 24.3. The number of ether oxygens (including phenoxy) is 2. The number of nitrogens with zero attached hydrogens (tertiary/aromatic N) is 1. The lowest BCUT2D eigenvalue weighted by molar-refractivity contribution is -0.134. The molecule has 8 heteroatoms. The van der Waals surface area contributed by atoms with Crippen molar-refractivity contribution < 1.29 is 23.9 Å². The van der Waals surface area contributed by atoms with E-state index in [4.69, 9.17) is 9.47 Å². The van der Waals surface area contributed by atoms with Gasteiger partial charge >= 0.3 is 0 Å². The van der Waals surface area contributed by atoms with Crippen molar-refractivity contribution >= 4 is 23.4 Å². The minimum absolute atomic E-state index is 0.000508. The third kappa shape index (κ3) is 5.09. The third-order valence-corrected chi connectivity index (χ3v) is 7.45. The van der Waals surface area contributed by atoms with Crippen LogP contribution in [0.1, 0.15) is 54.1 Å². The summed E-state index contributed by atoms with van der Waals surface area (Å²) >= 11 is 0. The van der Waals surface area contributed by atoms with Crippen LogP contribution in [0.5, 0.6) is 5.75 Å². The summed E-state index contributed by atoms with van der Waals surface area (Å²) in [5.74, 6) is 0.173. The average molecular weight is 492 g/mol. The van der Waals surface area contributed by atoms with Gasteiger partial charge in [0.05, 0.1) is 24.1 Å². The number of nitrogens with one attached hydrogen (secondary N) is 2. The SMILES string of the molecule is CCC(=O)Nc1ccc2c(c1)C(=O)N(C)[C@H]1CC[C@H](CC(=O)NC3Cc4ccccc4C3)O[C@H]1CO2. The van der Waals surface area contributed by atoms with E-state index in [1.165, 1.54) is 11.1 Å². The zero-order chi connectivity index (χ0) is 25.2. The monoisotopic (exact) mass is 491 g/mol. The maximum atomic E-state index is 13.3. The van der Waals surface area contributed by atoms with E-state index >= 15 is 0 Å². The quantitative estimate of drug-likeness (QED) is 0.670. The van der Waals surface area contributed by atoms with Crippen molar-refractivity contribution in [2.24, 2.45) is 0 Å². The number of fused-ring (bicyclic) bond motifs is 3. The fourth-order valence-corrected chi connectivity index (χ4v) is 5.51. The van der Waals surface area contributed by atoms with E-state index in [9.17, 15) is 14.4 Å². The second-order valence-electron chi connectivity index (χ2n) is 9.93. The summed E-state index contributed by atoms with van der Waals surface area (Å²) in [5, 5.41) is 5.97. The molecule has 0 saturated carbocycles. The first-order valence-electron chi connectivity index (χ1n) is 12.8. The van der Waals surface area contributed by atoms with Crippen LogP contribution in [-0.4, -0.2) is 60.6 Å². The topological polar surface area (TPSA) is 97.0 Å². The van der Waals surface area contributed by atoms with Gasteiger partial charge in [0.1, 0.15) is 18.5 Å². The van der Waals surface area contributed by atoms with Gasteiger partial charge in [-0.15, -0.1) is 0 Å². The van der Waals surface area contributed by atoms with E-state index in [1.54, 1.807) is 37.1 Å². The largest absolute Gasteiger partial charge is 0.490 e. The molecule has 1 fully saturated rings. The molecule has 1 saturated heterocycles. The molecule has 0 aromatic heterocycles. The van der Waals surface area contributed by atoms with Crippen LogP contribution in [-0.2, 0) is 27.2 Å². The van der Waals surface area contributed by atoms with Crippen molar-refractivity contribution in [1.82, 2.24) is 10.2 Å². The van der Waals surface area contributed by atoms with Crippen LogP contribution in [0.25, 0.3) is 0 Å².